The molecule has 2 aliphatic rings. The predicted molar refractivity (Wildman–Crippen MR) is 83.5 cm³/mol. The van der Waals surface area contributed by atoms with Gasteiger partial charge in [0.1, 0.15) is 4.88 Å². The Morgan fingerprint density at radius 1 is 1.33 bits per heavy atom. The second-order valence-electron chi connectivity index (χ2n) is 6.09. The summed E-state index contributed by atoms with van der Waals surface area (Å²) in [7, 11) is 0. The van der Waals surface area contributed by atoms with Crippen LogP contribution in [0.25, 0.3) is 0 Å². The summed E-state index contributed by atoms with van der Waals surface area (Å²) < 4.78 is 5.47. The Balaban J connectivity index is 1.67. The minimum absolute atomic E-state index is 0.114. The Hall–Kier alpha value is -1.14. The minimum atomic E-state index is 0.114. The largest absolute Gasteiger partial charge is 0.381 e. The molecule has 21 heavy (non-hydrogen) atoms. The first kappa shape index (κ1) is 14.8. The van der Waals surface area contributed by atoms with Gasteiger partial charge in [-0.2, -0.15) is 0 Å². The molecule has 0 aromatic carbocycles. The third kappa shape index (κ3) is 2.92. The van der Waals surface area contributed by atoms with Crippen molar-refractivity contribution in [1.82, 2.24) is 9.88 Å². The lowest BCUT2D eigenvalue weighted by atomic mass is 9.72. The van der Waals surface area contributed by atoms with Gasteiger partial charge in [-0.1, -0.05) is 18.3 Å². The number of piperidine rings is 1. The number of hydrogen-bond acceptors (Lipinski definition) is 5. The standard InChI is InChI=1S/C15H23N3O2S/c1-2-11-12(21-14(16)17-11)13(19)18-7-3-15(4-8-18)5-9-20-10-6-15/h2-10H2,1H3,(H2,16,17). The van der Waals surface area contributed by atoms with Crippen molar-refractivity contribution in [2.75, 3.05) is 32.0 Å². The predicted octanol–water partition coefficient (Wildman–Crippen LogP) is 2.32. The lowest BCUT2D eigenvalue weighted by Gasteiger charge is -2.44. The molecular weight excluding hydrogens is 286 g/mol. The van der Waals surface area contributed by atoms with Crippen LogP contribution in [0.5, 0.6) is 0 Å². The van der Waals surface area contributed by atoms with E-state index in [0.717, 1.165) is 69.0 Å². The van der Waals surface area contributed by atoms with Crippen LogP contribution >= 0.6 is 11.3 Å². The van der Waals surface area contributed by atoms with E-state index in [4.69, 9.17) is 10.5 Å². The molecule has 5 nitrogen and oxygen atoms in total. The zero-order valence-corrected chi connectivity index (χ0v) is 13.4. The number of nitrogen functional groups attached to an aromatic ring is 1. The van der Waals surface area contributed by atoms with Crippen LogP contribution in [0.3, 0.4) is 0 Å². The van der Waals surface area contributed by atoms with E-state index in [1.54, 1.807) is 0 Å². The van der Waals surface area contributed by atoms with Gasteiger partial charge in [-0.15, -0.1) is 0 Å². The average molecular weight is 309 g/mol. The third-order valence-corrected chi connectivity index (χ3v) is 5.82. The van der Waals surface area contributed by atoms with Crippen LogP contribution in [-0.2, 0) is 11.2 Å². The number of nitrogens with two attached hydrogens (primary N) is 1. The summed E-state index contributed by atoms with van der Waals surface area (Å²) in [6.45, 7) is 5.46. The molecule has 3 heterocycles. The van der Waals surface area contributed by atoms with Crippen molar-refractivity contribution in [2.45, 2.75) is 39.0 Å². The first-order chi connectivity index (χ1) is 10.1. The molecule has 0 atom stereocenters. The second kappa shape index (κ2) is 5.93. The summed E-state index contributed by atoms with van der Waals surface area (Å²) in [4.78, 5) is 19.7. The van der Waals surface area contributed by atoms with Gasteiger partial charge < -0.3 is 15.4 Å². The van der Waals surface area contributed by atoms with Gasteiger partial charge in [0.15, 0.2) is 5.13 Å². The van der Waals surface area contributed by atoms with E-state index in [1.807, 2.05) is 11.8 Å². The quantitative estimate of drug-likeness (QED) is 0.910. The highest BCUT2D eigenvalue weighted by Crippen LogP contribution is 2.41. The smallest absolute Gasteiger partial charge is 0.265 e. The molecule has 0 bridgehead atoms. The van der Waals surface area contributed by atoms with Gasteiger partial charge >= 0.3 is 0 Å². The Morgan fingerprint density at radius 2 is 2.00 bits per heavy atom. The van der Waals surface area contributed by atoms with Crippen molar-refractivity contribution in [2.24, 2.45) is 5.41 Å². The molecule has 0 radical (unpaired) electrons. The fourth-order valence-electron chi connectivity index (χ4n) is 3.41. The van der Waals surface area contributed by atoms with E-state index >= 15 is 0 Å². The van der Waals surface area contributed by atoms with Crippen LogP contribution in [0.1, 0.15) is 48.0 Å². The van der Waals surface area contributed by atoms with Gasteiger partial charge in [-0.25, -0.2) is 4.98 Å². The minimum Gasteiger partial charge on any atom is -0.381 e. The summed E-state index contributed by atoms with van der Waals surface area (Å²) in [6.07, 6.45) is 5.23. The number of ether oxygens (including phenoxy) is 1. The van der Waals surface area contributed by atoms with E-state index in [2.05, 4.69) is 4.98 Å². The average Bonchev–Trinajstić information content (AvgIpc) is 2.89. The fraction of sp³-hybridized carbons (Fsp3) is 0.733. The second-order valence-corrected chi connectivity index (χ2v) is 7.12. The first-order valence-electron chi connectivity index (χ1n) is 7.76. The summed E-state index contributed by atoms with van der Waals surface area (Å²) in [6, 6.07) is 0. The topological polar surface area (TPSA) is 68.5 Å². The van der Waals surface area contributed by atoms with Crippen LogP contribution in [0, 0.1) is 5.41 Å². The summed E-state index contributed by atoms with van der Waals surface area (Å²) in [5.74, 6) is 0.114. The van der Waals surface area contributed by atoms with Crippen molar-refractivity contribution in [1.29, 1.82) is 0 Å². The number of rotatable bonds is 2. The van der Waals surface area contributed by atoms with Crippen molar-refractivity contribution in [3.8, 4) is 0 Å². The van der Waals surface area contributed by atoms with Crippen LogP contribution in [0.15, 0.2) is 0 Å². The summed E-state index contributed by atoms with van der Waals surface area (Å²) in [5.41, 5.74) is 7.01. The highest BCUT2D eigenvalue weighted by molar-refractivity contribution is 7.17. The van der Waals surface area contributed by atoms with Gasteiger partial charge in [0, 0.05) is 26.3 Å². The lowest BCUT2D eigenvalue weighted by Crippen LogP contribution is -2.45. The van der Waals surface area contributed by atoms with Crippen molar-refractivity contribution < 1.29 is 9.53 Å². The zero-order valence-electron chi connectivity index (χ0n) is 12.6. The van der Waals surface area contributed by atoms with Crippen LogP contribution in [-0.4, -0.2) is 42.1 Å². The number of hydrogen-bond donors (Lipinski definition) is 1. The molecule has 3 rings (SSSR count). The maximum Gasteiger partial charge on any atom is 0.265 e. The fourth-order valence-corrected chi connectivity index (χ4v) is 4.30. The van der Waals surface area contributed by atoms with E-state index in [-0.39, 0.29) is 5.91 Å². The summed E-state index contributed by atoms with van der Waals surface area (Å²) >= 11 is 1.32. The Bertz CT molecular complexity index is 513. The first-order valence-corrected chi connectivity index (χ1v) is 8.57. The molecule has 6 heteroatoms. The van der Waals surface area contributed by atoms with Crippen molar-refractivity contribution in [3.63, 3.8) is 0 Å². The number of aryl methyl sites for hydroxylation is 1. The normalized spacial score (nSPS) is 21.7. The number of nitrogens with zero attached hydrogens (tertiary/aromatic N) is 2. The SMILES string of the molecule is CCc1nc(N)sc1C(=O)N1CCC2(CCOCC2)CC1. The molecule has 2 fully saturated rings. The Kier molecular flexibility index (Phi) is 4.17. The maximum atomic E-state index is 12.7. The van der Waals surface area contributed by atoms with Crippen molar-refractivity contribution >= 4 is 22.4 Å². The molecule has 2 N–H and O–H groups in total. The number of amides is 1. The molecule has 1 aromatic rings. The van der Waals surface area contributed by atoms with E-state index in [0.29, 0.717) is 10.5 Å². The van der Waals surface area contributed by atoms with Gasteiger partial charge in [0.05, 0.1) is 5.69 Å². The zero-order chi connectivity index (χ0) is 14.9. The number of carbonyl (C=O) groups is 1. The molecule has 2 aliphatic heterocycles. The number of anilines is 1. The molecule has 1 aromatic heterocycles. The molecule has 0 saturated carbocycles. The molecule has 0 aliphatic carbocycles. The molecule has 1 spiro atoms. The maximum absolute atomic E-state index is 12.7. The Morgan fingerprint density at radius 3 is 2.62 bits per heavy atom. The summed E-state index contributed by atoms with van der Waals surface area (Å²) in [5, 5.41) is 0.494. The van der Waals surface area contributed by atoms with Gasteiger partial charge in [0.2, 0.25) is 0 Å². The van der Waals surface area contributed by atoms with Crippen LogP contribution in [0.2, 0.25) is 0 Å². The molecule has 1 amide bonds. The van der Waals surface area contributed by atoms with Gasteiger partial charge in [-0.05, 0) is 37.5 Å². The van der Waals surface area contributed by atoms with Gasteiger partial charge in [-0.3, -0.25) is 4.79 Å². The van der Waals surface area contributed by atoms with E-state index in [1.165, 1.54) is 11.3 Å². The number of likely N-dealkylation sites (tertiary alicyclic amines) is 1. The highest BCUT2D eigenvalue weighted by atomic mass is 32.1. The van der Waals surface area contributed by atoms with Crippen molar-refractivity contribution in [3.05, 3.63) is 10.6 Å². The van der Waals surface area contributed by atoms with Gasteiger partial charge in [0.25, 0.3) is 5.91 Å². The third-order valence-electron chi connectivity index (χ3n) is 4.91. The molecular formula is C15H23N3O2S. The van der Waals surface area contributed by atoms with E-state index < -0.39 is 0 Å². The van der Waals surface area contributed by atoms with E-state index in [9.17, 15) is 4.79 Å². The van der Waals surface area contributed by atoms with Crippen LogP contribution < -0.4 is 5.73 Å². The monoisotopic (exact) mass is 309 g/mol. The molecule has 2 saturated heterocycles. The number of thiazole rings is 1. The molecule has 0 unspecified atom stereocenters. The highest BCUT2D eigenvalue weighted by Gasteiger charge is 2.37. The number of carbonyl (C=O) groups excluding carboxylic acids is 1. The lowest BCUT2D eigenvalue weighted by molar-refractivity contribution is -0.0174. The number of aromatic nitrogens is 1. The Labute approximate surface area is 129 Å². The van der Waals surface area contributed by atoms with Crippen LogP contribution in [0.4, 0.5) is 5.13 Å². The molecule has 116 valence electrons.